The molecule has 0 saturated heterocycles. The van der Waals surface area contributed by atoms with Crippen molar-refractivity contribution in [1.29, 1.82) is 0 Å². The third-order valence-corrected chi connectivity index (χ3v) is 5.94. The van der Waals surface area contributed by atoms with Crippen LogP contribution in [0.3, 0.4) is 0 Å². The summed E-state index contributed by atoms with van der Waals surface area (Å²) in [5, 5.41) is 5.89. The highest BCUT2D eigenvalue weighted by molar-refractivity contribution is 7.92. The second-order valence-corrected chi connectivity index (χ2v) is 8.74. The van der Waals surface area contributed by atoms with Gasteiger partial charge in [0.05, 0.1) is 15.9 Å². The number of fused-ring (bicyclic) bond motifs is 1. The summed E-state index contributed by atoms with van der Waals surface area (Å²) in [5.41, 5.74) is 2.83. The Labute approximate surface area is 185 Å². The van der Waals surface area contributed by atoms with Crippen LogP contribution < -0.4 is 15.4 Å². The van der Waals surface area contributed by atoms with E-state index in [0.717, 1.165) is 5.56 Å². The van der Waals surface area contributed by atoms with Crippen molar-refractivity contribution in [2.45, 2.75) is 18.4 Å². The van der Waals surface area contributed by atoms with Crippen molar-refractivity contribution in [2.75, 3.05) is 15.4 Å². The SMILES string of the molecule is CC(=O)Nc1ccc(CNc2nc3ccccc3nc2NS(=O)(=O)c2ccccc2)cc1. The fraction of sp³-hybridized carbons (Fsp3) is 0.0870. The number of hydrogen-bond acceptors (Lipinski definition) is 6. The lowest BCUT2D eigenvalue weighted by Gasteiger charge is -2.14. The molecule has 32 heavy (non-hydrogen) atoms. The summed E-state index contributed by atoms with van der Waals surface area (Å²) in [4.78, 5) is 20.4. The van der Waals surface area contributed by atoms with Crippen LogP contribution >= 0.6 is 0 Å². The van der Waals surface area contributed by atoms with Gasteiger partial charge in [0.15, 0.2) is 11.6 Å². The maximum Gasteiger partial charge on any atom is 0.263 e. The normalized spacial score (nSPS) is 11.2. The predicted molar refractivity (Wildman–Crippen MR) is 125 cm³/mol. The Kier molecular flexibility index (Phi) is 6.00. The summed E-state index contributed by atoms with van der Waals surface area (Å²) < 4.78 is 28.2. The molecule has 0 aliphatic rings. The summed E-state index contributed by atoms with van der Waals surface area (Å²) in [6.07, 6.45) is 0. The van der Waals surface area contributed by atoms with Gasteiger partial charge in [-0.2, -0.15) is 0 Å². The number of amides is 1. The second kappa shape index (κ2) is 9.03. The third kappa shape index (κ3) is 5.01. The van der Waals surface area contributed by atoms with Crippen molar-refractivity contribution in [3.05, 3.63) is 84.4 Å². The van der Waals surface area contributed by atoms with E-state index in [1.54, 1.807) is 36.4 Å². The predicted octanol–water partition coefficient (Wildman–Crippen LogP) is 4.00. The molecule has 0 bridgehead atoms. The lowest BCUT2D eigenvalue weighted by Crippen LogP contribution is -2.16. The van der Waals surface area contributed by atoms with Crippen molar-refractivity contribution in [2.24, 2.45) is 0 Å². The van der Waals surface area contributed by atoms with Gasteiger partial charge in [0, 0.05) is 19.2 Å². The zero-order chi connectivity index (χ0) is 22.6. The fourth-order valence-corrected chi connectivity index (χ4v) is 4.11. The number of carbonyl (C=O) groups is 1. The van der Waals surface area contributed by atoms with Gasteiger partial charge in [-0.15, -0.1) is 0 Å². The molecule has 0 aliphatic heterocycles. The molecular weight excluding hydrogens is 426 g/mol. The van der Waals surface area contributed by atoms with Crippen molar-refractivity contribution in [3.8, 4) is 0 Å². The van der Waals surface area contributed by atoms with Crippen LogP contribution in [0, 0.1) is 0 Å². The van der Waals surface area contributed by atoms with Gasteiger partial charge in [-0.05, 0) is 42.0 Å². The molecule has 0 aliphatic carbocycles. The van der Waals surface area contributed by atoms with Crippen molar-refractivity contribution in [3.63, 3.8) is 0 Å². The van der Waals surface area contributed by atoms with Crippen LogP contribution in [0.2, 0.25) is 0 Å². The molecule has 0 spiro atoms. The van der Waals surface area contributed by atoms with Crippen LogP contribution in [-0.4, -0.2) is 24.3 Å². The van der Waals surface area contributed by atoms with Gasteiger partial charge >= 0.3 is 0 Å². The first kappa shape index (κ1) is 21.3. The van der Waals surface area contributed by atoms with Crippen LogP contribution in [0.4, 0.5) is 17.3 Å². The number of benzene rings is 3. The van der Waals surface area contributed by atoms with E-state index in [9.17, 15) is 13.2 Å². The van der Waals surface area contributed by atoms with Crippen LogP contribution in [0.15, 0.2) is 83.8 Å². The monoisotopic (exact) mass is 447 g/mol. The topological polar surface area (TPSA) is 113 Å². The Morgan fingerprint density at radius 2 is 1.41 bits per heavy atom. The minimum absolute atomic E-state index is 0.113. The number of hydrogen-bond donors (Lipinski definition) is 3. The zero-order valence-electron chi connectivity index (χ0n) is 17.2. The Bertz CT molecular complexity index is 1360. The number of aromatic nitrogens is 2. The Balaban J connectivity index is 1.62. The van der Waals surface area contributed by atoms with Crippen molar-refractivity contribution in [1.82, 2.24) is 9.97 Å². The molecule has 8 nitrogen and oxygen atoms in total. The first-order valence-corrected chi connectivity index (χ1v) is 11.3. The average molecular weight is 448 g/mol. The average Bonchev–Trinajstić information content (AvgIpc) is 2.78. The quantitative estimate of drug-likeness (QED) is 0.395. The Morgan fingerprint density at radius 3 is 2.03 bits per heavy atom. The van der Waals surface area contributed by atoms with E-state index in [1.807, 2.05) is 30.3 Å². The number of sulfonamides is 1. The molecule has 162 valence electrons. The van der Waals surface area contributed by atoms with E-state index >= 15 is 0 Å². The Morgan fingerprint density at radius 1 is 0.812 bits per heavy atom. The minimum Gasteiger partial charge on any atom is -0.363 e. The lowest BCUT2D eigenvalue weighted by atomic mass is 10.2. The van der Waals surface area contributed by atoms with Gasteiger partial charge in [-0.3, -0.25) is 9.52 Å². The molecule has 3 aromatic carbocycles. The van der Waals surface area contributed by atoms with Gasteiger partial charge in [0.25, 0.3) is 10.0 Å². The smallest absolute Gasteiger partial charge is 0.263 e. The first-order valence-electron chi connectivity index (χ1n) is 9.86. The number of rotatable bonds is 7. The van der Waals surface area contributed by atoms with E-state index in [2.05, 4.69) is 25.3 Å². The molecule has 3 N–H and O–H groups in total. The number of nitrogens with zero attached hydrogens (tertiary/aromatic N) is 2. The summed E-state index contributed by atoms with van der Waals surface area (Å²) in [6.45, 7) is 1.83. The van der Waals surface area contributed by atoms with E-state index in [4.69, 9.17) is 0 Å². The molecule has 0 radical (unpaired) electrons. The summed E-state index contributed by atoms with van der Waals surface area (Å²) in [7, 11) is -3.84. The zero-order valence-corrected chi connectivity index (χ0v) is 18.1. The van der Waals surface area contributed by atoms with Crippen LogP contribution in [0.1, 0.15) is 12.5 Å². The number of anilines is 3. The van der Waals surface area contributed by atoms with E-state index in [0.29, 0.717) is 29.1 Å². The number of carbonyl (C=O) groups excluding carboxylic acids is 1. The van der Waals surface area contributed by atoms with Gasteiger partial charge in [0.1, 0.15) is 0 Å². The number of para-hydroxylation sites is 2. The minimum atomic E-state index is -3.84. The van der Waals surface area contributed by atoms with Crippen LogP contribution in [0.5, 0.6) is 0 Å². The van der Waals surface area contributed by atoms with Gasteiger partial charge in [-0.25, -0.2) is 18.4 Å². The fourth-order valence-electron chi connectivity index (χ4n) is 3.08. The van der Waals surface area contributed by atoms with Crippen molar-refractivity contribution >= 4 is 44.3 Å². The van der Waals surface area contributed by atoms with E-state index in [1.165, 1.54) is 19.1 Å². The Hall–Kier alpha value is -3.98. The molecule has 0 saturated carbocycles. The van der Waals surface area contributed by atoms with Gasteiger partial charge in [-0.1, -0.05) is 42.5 Å². The molecule has 0 fully saturated rings. The highest BCUT2D eigenvalue weighted by Gasteiger charge is 2.18. The maximum atomic E-state index is 12.8. The molecule has 9 heteroatoms. The molecule has 4 rings (SSSR count). The maximum absolute atomic E-state index is 12.8. The van der Waals surface area contributed by atoms with Gasteiger partial charge in [0.2, 0.25) is 5.91 Å². The standard InChI is InChI=1S/C23H21N5O3S/c1-16(29)25-18-13-11-17(12-14-18)15-24-22-23(27-21-10-6-5-9-20(21)26-22)28-32(30,31)19-7-3-2-4-8-19/h2-14H,15H2,1H3,(H,24,26)(H,25,29)(H,27,28). The molecule has 0 unspecified atom stereocenters. The third-order valence-electron chi connectivity index (χ3n) is 4.59. The molecule has 4 aromatic rings. The molecular formula is C23H21N5O3S. The highest BCUT2D eigenvalue weighted by atomic mass is 32.2. The molecule has 1 heterocycles. The first-order chi connectivity index (χ1) is 15.4. The molecule has 1 aromatic heterocycles. The molecule has 0 atom stereocenters. The van der Waals surface area contributed by atoms with Gasteiger partial charge < -0.3 is 10.6 Å². The summed E-state index contributed by atoms with van der Waals surface area (Å²) in [5.74, 6) is 0.286. The lowest BCUT2D eigenvalue weighted by molar-refractivity contribution is -0.114. The van der Waals surface area contributed by atoms with Crippen LogP contribution in [0.25, 0.3) is 11.0 Å². The summed E-state index contributed by atoms with van der Waals surface area (Å²) >= 11 is 0. The largest absolute Gasteiger partial charge is 0.363 e. The second-order valence-electron chi connectivity index (χ2n) is 7.06. The summed E-state index contributed by atoms with van der Waals surface area (Å²) in [6, 6.07) is 22.6. The van der Waals surface area contributed by atoms with E-state index < -0.39 is 10.0 Å². The van der Waals surface area contributed by atoms with Crippen LogP contribution in [-0.2, 0) is 21.4 Å². The van der Waals surface area contributed by atoms with E-state index in [-0.39, 0.29) is 16.6 Å². The highest BCUT2D eigenvalue weighted by Crippen LogP contribution is 2.25. The molecule has 1 amide bonds. The number of nitrogens with one attached hydrogen (secondary N) is 3. The van der Waals surface area contributed by atoms with Crippen molar-refractivity contribution < 1.29 is 13.2 Å².